The van der Waals surface area contributed by atoms with Gasteiger partial charge in [0, 0.05) is 33.5 Å². The molecule has 11 rings (SSSR count). The van der Waals surface area contributed by atoms with E-state index in [9.17, 15) is 0 Å². The van der Waals surface area contributed by atoms with Crippen LogP contribution in [0.2, 0.25) is 0 Å². The van der Waals surface area contributed by atoms with Crippen molar-refractivity contribution in [1.82, 2.24) is 0 Å². The molecule has 0 fully saturated rings. The van der Waals surface area contributed by atoms with Crippen molar-refractivity contribution in [3.05, 3.63) is 235 Å². The summed E-state index contributed by atoms with van der Waals surface area (Å²) in [4.78, 5) is 2.43. The van der Waals surface area contributed by atoms with Crippen molar-refractivity contribution in [2.24, 2.45) is 0 Å². The zero-order valence-electron chi connectivity index (χ0n) is 30.1. The van der Waals surface area contributed by atoms with Crippen molar-refractivity contribution < 1.29 is 4.74 Å². The Labute approximate surface area is 321 Å². The highest BCUT2D eigenvalue weighted by molar-refractivity contribution is 5.97. The second kappa shape index (κ2) is 12.5. The predicted molar refractivity (Wildman–Crippen MR) is 227 cm³/mol. The lowest BCUT2D eigenvalue weighted by Gasteiger charge is -2.40. The molecule has 9 aromatic carbocycles. The van der Waals surface area contributed by atoms with E-state index in [1.54, 1.807) is 0 Å². The molecule has 2 heteroatoms. The normalized spacial score (nSPS) is 14.8. The zero-order chi connectivity index (χ0) is 36.3. The summed E-state index contributed by atoms with van der Waals surface area (Å²) < 4.78 is 6.93. The molecule has 9 aromatic rings. The highest BCUT2D eigenvalue weighted by Crippen LogP contribution is 2.63. The minimum absolute atomic E-state index is 0.599. The summed E-state index contributed by atoms with van der Waals surface area (Å²) in [5.74, 6) is 1.81. The molecule has 1 spiro atoms. The molecular formula is C53H35NO. The molecule has 1 unspecified atom stereocenters. The first-order valence-electron chi connectivity index (χ1n) is 18.9. The van der Waals surface area contributed by atoms with Gasteiger partial charge in [-0.15, -0.1) is 0 Å². The Morgan fingerprint density at radius 3 is 1.78 bits per heavy atom. The second-order valence-electron chi connectivity index (χ2n) is 14.4. The number of rotatable bonds is 5. The monoisotopic (exact) mass is 701 g/mol. The number of hydrogen-bond donors (Lipinski definition) is 0. The number of hydrogen-bond acceptors (Lipinski definition) is 2. The van der Waals surface area contributed by atoms with Gasteiger partial charge in [-0.25, -0.2) is 0 Å². The molecule has 0 bridgehead atoms. The molecule has 1 aliphatic carbocycles. The van der Waals surface area contributed by atoms with E-state index in [0.717, 1.165) is 45.1 Å². The molecular weight excluding hydrogens is 667 g/mol. The predicted octanol–water partition coefficient (Wildman–Crippen LogP) is 14.1. The highest BCUT2D eigenvalue weighted by atomic mass is 16.5. The van der Waals surface area contributed by atoms with Gasteiger partial charge in [0.05, 0.1) is 11.1 Å². The molecule has 0 saturated heterocycles. The lowest BCUT2D eigenvalue weighted by molar-refractivity contribution is 0.441. The lowest BCUT2D eigenvalue weighted by Crippen LogP contribution is -2.32. The number of ether oxygens (including phenoxy) is 1. The number of fused-ring (bicyclic) bond motifs is 11. The van der Waals surface area contributed by atoms with Crippen LogP contribution in [0.5, 0.6) is 11.5 Å². The highest BCUT2D eigenvalue weighted by Gasteiger charge is 2.51. The Morgan fingerprint density at radius 2 is 0.964 bits per heavy atom. The molecule has 0 radical (unpaired) electrons. The maximum absolute atomic E-state index is 6.93. The number of anilines is 3. The van der Waals surface area contributed by atoms with E-state index in [4.69, 9.17) is 4.74 Å². The van der Waals surface area contributed by atoms with Crippen molar-refractivity contribution >= 4 is 27.8 Å². The first kappa shape index (κ1) is 31.4. The van der Waals surface area contributed by atoms with Crippen molar-refractivity contribution in [1.29, 1.82) is 0 Å². The van der Waals surface area contributed by atoms with Crippen LogP contribution in [-0.4, -0.2) is 0 Å². The minimum atomic E-state index is -0.599. The quantitative estimate of drug-likeness (QED) is 0.177. The van der Waals surface area contributed by atoms with E-state index in [1.165, 1.54) is 49.9 Å². The Balaban J connectivity index is 1.19. The summed E-state index contributed by atoms with van der Waals surface area (Å²) in [7, 11) is 0. The van der Waals surface area contributed by atoms with Crippen LogP contribution in [0, 0.1) is 0 Å². The third kappa shape index (κ3) is 4.75. The van der Waals surface area contributed by atoms with Gasteiger partial charge in [-0.2, -0.15) is 0 Å². The first-order valence-corrected chi connectivity index (χ1v) is 18.9. The molecule has 2 aliphatic rings. The van der Waals surface area contributed by atoms with Gasteiger partial charge >= 0.3 is 0 Å². The van der Waals surface area contributed by atoms with E-state index in [2.05, 4.69) is 217 Å². The first-order chi connectivity index (χ1) is 27.3. The summed E-state index contributed by atoms with van der Waals surface area (Å²) in [5.41, 5.74) is 14.8. The Kier molecular flexibility index (Phi) is 7.11. The van der Waals surface area contributed by atoms with E-state index in [1.807, 2.05) is 0 Å². The molecule has 0 aromatic heterocycles. The molecule has 1 aliphatic heterocycles. The minimum Gasteiger partial charge on any atom is -0.456 e. The number of benzene rings is 9. The fourth-order valence-electron chi connectivity index (χ4n) is 9.15. The smallest absolute Gasteiger partial charge is 0.140 e. The van der Waals surface area contributed by atoms with E-state index in [0.29, 0.717) is 0 Å². The van der Waals surface area contributed by atoms with Gasteiger partial charge in [-0.05, 0) is 80.7 Å². The summed E-state index contributed by atoms with van der Waals surface area (Å²) in [6.45, 7) is 0. The lowest BCUT2D eigenvalue weighted by atomic mass is 9.65. The van der Waals surface area contributed by atoms with Gasteiger partial charge in [0.25, 0.3) is 0 Å². The standard InChI is InChI=1S/C53H35NO/c1-3-15-36(16-4-1)37-27-30-40(31-28-37)54(50-25-13-10-20-42(50)38-17-5-2-6-18-38)41-32-33-45-44-22-9-11-23-46(44)53(49(45)35-41)47-24-12-14-26-51(47)55-52-43-21-8-7-19-39(43)29-34-48(52)53/h1-35H. The van der Waals surface area contributed by atoms with Crippen LogP contribution in [-0.2, 0) is 5.41 Å². The van der Waals surface area contributed by atoms with Crippen LogP contribution >= 0.6 is 0 Å². The van der Waals surface area contributed by atoms with Crippen LogP contribution in [0.15, 0.2) is 212 Å². The largest absolute Gasteiger partial charge is 0.456 e. The third-order valence-electron chi connectivity index (χ3n) is 11.5. The number of nitrogens with zero attached hydrogens (tertiary/aromatic N) is 1. The third-order valence-corrected chi connectivity index (χ3v) is 11.5. The van der Waals surface area contributed by atoms with E-state index in [-0.39, 0.29) is 0 Å². The fourth-order valence-corrected chi connectivity index (χ4v) is 9.15. The van der Waals surface area contributed by atoms with Gasteiger partial charge < -0.3 is 9.64 Å². The van der Waals surface area contributed by atoms with Crippen LogP contribution in [0.1, 0.15) is 22.3 Å². The van der Waals surface area contributed by atoms with Crippen LogP contribution in [0.4, 0.5) is 17.1 Å². The topological polar surface area (TPSA) is 12.5 Å². The van der Waals surface area contributed by atoms with Gasteiger partial charge in [0.1, 0.15) is 11.5 Å². The van der Waals surface area contributed by atoms with Crippen molar-refractivity contribution in [2.75, 3.05) is 4.90 Å². The zero-order valence-corrected chi connectivity index (χ0v) is 30.1. The SMILES string of the molecule is c1ccc(-c2ccc(N(c3ccc4c(c3)C3(c5ccccc5Oc5c3ccc3ccccc53)c3ccccc3-4)c3ccccc3-c3ccccc3)cc2)cc1. The average molecular weight is 702 g/mol. The molecule has 0 amide bonds. The Hall–Kier alpha value is -7.16. The molecule has 1 atom stereocenters. The average Bonchev–Trinajstić information content (AvgIpc) is 3.55. The maximum Gasteiger partial charge on any atom is 0.140 e. The molecule has 1 heterocycles. The van der Waals surface area contributed by atoms with Crippen molar-refractivity contribution in [3.8, 4) is 44.9 Å². The second-order valence-corrected chi connectivity index (χ2v) is 14.4. The maximum atomic E-state index is 6.93. The van der Waals surface area contributed by atoms with Crippen molar-refractivity contribution in [3.63, 3.8) is 0 Å². The van der Waals surface area contributed by atoms with Crippen LogP contribution in [0.3, 0.4) is 0 Å². The molecule has 2 nitrogen and oxygen atoms in total. The van der Waals surface area contributed by atoms with Gasteiger partial charge in [-0.3, -0.25) is 0 Å². The number of para-hydroxylation sites is 2. The molecule has 0 N–H and O–H groups in total. The van der Waals surface area contributed by atoms with E-state index < -0.39 is 5.41 Å². The summed E-state index contributed by atoms with van der Waals surface area (Å²) >= 11 is 0. The molecule has 258 valence electrons. The van der Waals surface area contributed by atoms with Crippen molar-refractivity contribution in [2.45, 2.75) is 5.41 Å². The van der Waals surface area contributed by atoms with Crippen LogP contribution < -0.4 is 9.64 Å². The Bertz CT molecular complexity index is 2900. The van der Waals surface area contributed by atoms with Crippen LogP contribution in [0.25, 0.3) is 44.2 Å². The summed E-state index contributed by atoms with van der Waals surface area (Å²) in [6, 6.07) is 76.9. The molecule has 0 saturated carbocycles. The van der Waals surface area contributed by atoms with E-state index >= 15 is 0 Å². The van der Waals surface area contributed by atoms with Gasteiger partial charge in [0.15, 0.2) is 0 Å². The molecule has 55 heavy (non-hydrogen) atoms. The summed E-state index contributed by atoms with van der Waals surface area (Å²) in [6.07, 6.45) is 0. The fraction of sp³-hybridized carbons (Fsp3) is 0.0189. The van der Waals surface area contributed by atoms with Gasteiger partial charge in [0.2, 0.25) is 0 Å². The Morgan fingerprint density at radius 1 is 0.364 bits per heavy atom. The van der Waals surface area contributed by atoms with Gasteiger partial charge in [-0.1, -0.05) is 176 Å². The summed E-state index contributed by atoms with van der Waals surface area (Å²) in [5, 5.41) is 2.28.